The van der Waals surface area contributed by atoms with Crippen LogP contribution in [0.5, 0.6) is 0 Å². The van der Waals surface area contributed by atoms with E-state index in [2.05, 4.69) is 22.0 Å². The molecule has 0 aliphatic carbocycles. The highest BCUT2D eigenvalue weighted by Crippen LogP contribution is 2.57. The third-order valence-electron chi connectivity index (χ3n) is 1.18. The van der Waals surface area contributed by atoms with Crippen LogP contribution in [0.3, 0.4) is 0 Å². The van der Waals surface area contributed by atoms with E-state index in [1.54, 1.807) is 0 Å². The van der Waals surface area contributed by atoms with E-state index in [4.69, 9.17) is 14.7 Å². The summed E-state index contributed by atoms with van der Waals surface area (Å²) in [4.78, 5) is 25.3. The van der Waals surface area contributed by atoms with Crippen molar-refractivity contribution in [2.24, 2.45) is 0 Å². The summed E-state index contributed by atoms with van der Waals surface area (Å²) in [5.74, 6) is 0. The van der Waals surface area contributed by atoms with Gasteiger partial charge in [0, 0.05) is 0 Å². The first kappa shape index (κ1) is 14.7. The molecule has 0 aliphatic heterocycles. The molecule has 0 rings (SSSR count). The second kappa shape index (κ2) is 5.72. The van der Waals surface area contributed by atoms with Crippen LogP contribution in [-0.2, 0) is 18.0 Å². The molecule has 15 heavy (non-hydrogen) atoms. The zero-order chi connectivity index (χ0) is 12.1. The Balaban J connectivity index is 4.06. The Morgan fingerprint density at radius 1 is 1.33 bits per heavy atom. The molecule has 0 spiro atoms. The van der Waals surface area contributed by atoms with Crippen molar-refractivity contribution in [2.45, 2.75) is 6.42 Å². The molecule has 1 unspecified atom stereocenters. The van der Waals surface area contributed by atoms with Gasteiger partial charge in [0.25, 0.3) is 0 Å². The van der Waals surface area contributed by atoms with Crippen LogP contribution >= 0.6 is 15.6 Å². The number of allylic oxidation sites excluding steroid dienone is 1. The minimum Gasteiger partial charge on any atom is -0.302 e. The number of phosphoric ester groups is 1. The van der Waals surface area contributed by atoms with Gasteiger partial charge in [0.15, 0.2) is 0 Å². The fourth-order valence-electron chi connectivity index (χ4n) is 0.552. The molecule has 88 valence electrons. The Bertz CT molecular complexity index is 330. The molecule has 0 bridgehead atoms. The molecule has 7 nitrogen and oxygen atoms in total. The van der Waals surface area contributed by atoms with E-state index < -0.39 is 15.6 Å². The summed E-state index contributed by atoms with van der Waals surface area (Å²) in [5.41, 5.74) is 0.561. The van der Waals surface area contributed by atoms with Gasteiger partial charge in [0.1, 0.15) is 0 Å². The third-order valence-corrected chi connectivity index (χ3v) is 3.36. The minimum atomic E-state index is -5.04. The molecule has 3 N–H and O–H groups in total. The van der Waals surface area contributed by atoms with Gasteiger partial charge in [0.05, 0.1) is 6.61 Å². The number of phosphoric acid groups is 2. The molecule has 0 aromatic carbocycles. The summed E-state index contributed by atoms with van der Waals surface area (Å²) in [7, 11) is -9.76. The Morgan fingerprint density at radius 2 is 1.87 bits per heavy atom. The van der Waals surface area contributed by atoms with Gasteiger partial charge >= 0.3 is 15.6 Å². The fraction of sp³-hybridized carbons (Fsp3) is 0.333. The average molecular weight is 258 g/mol. The Labute approximate surface area is 86.9 Å². The standard InChI is InChI=1S/C6H12O7P2/c1-3-6(2)4-5-12-15(10,11)13-14(7,8)9/h3H,1-2,4-5H2,(H,10,11)(H2,7,8,9). The first-order valence-electron chi connectivity index (χ1n) is 3.71. The maximum Gasteiger partial charge on any atom is 0.481 e. The zero-order valence-electron chi connectivity index (χ0n) is 7.77. The van der Waals surface area contributed by atoms with Gasteiger partial charge in [-0.05, 0) is 6.42 Å². The quantitative estimate of drug-likeness (QED) is 0.466. The highest BCUT2D eigenvalue weighted by atomic mass is 31.3. The Hall–Kier alpha value is -0.260. The van der Waals surface area contributed by atoms with Gasteiger partial charge < -0.3 is 14.7 Å². The molecule has 9 heteroatoms. The van der Waals surface area contributed by atoms with Gasteiger partial charge in [-0.3, -0.25) is 4.52 Å². The lowest BCUT2D eigenvalue weighted by molar-refractivity contribution is 0.180. The maximum atomic E-state index is 10.9. The molecule has 0 aliphatic rings. The van der Waals surface area contributed by atoms with E-state index in [1.165, 1.54) is 6.08 Å². The predicted octanol–water partition coefficient (Wildman–Crippen LogP) is 1.34. The summed E-state index contributed by atoms with van der Waals surface area (Å²) < 4.78 is 28.9. The molecule has 0 fully saturated rings. The molecule has 0 radical (unpaired) electrons. The summed E-state index contributed by atoms with van der Waals surface area (Å²) in [6, 6.07) is 0. The van der Waals surface area contributed by atoms with Crippen LogP contribution in [0.25, 0.3) is 0 Å². The largest absolute Gasteiger partial charge is 0.481 e. The lowest BCUT2D eigenvalue weighted by Crippen LogP contribution is -1.96. The SMILES string of the molecule is C=CC(=C)CCOP(=O)(O)OP(=O)(O)O. The van der Waals surface area contributed by atoms with Crippen molar-refractivity contribution in [3.63, 3.8) is 0 Å². The van der Waals surface area contributed by atoms with Crippen molar-refractivity contribution in [2.75, 3.05) is 6.61 Å². The minimum absolute atomic E-state index is 0.207. The number of hydrogen-bond acceptors (Lipinski definition) is 4. The van der Waals surface area contributed by atoms with Crippen LogP contribution in [0.2, 0.25) is 0 Å². The van der Waals surface area contributed by atoms with E-state index in [-0.39, 0.29) is 13.0 Å². The van der Waals surface area contributed by atoms with E-state index in [0.29, 0.717) is 5.57 Å². The van der Waals surface area contributed by atoms with E-state index >= 15 is 0 Å². The lowest BCUT2D eigenvalue weighted by atomic mass is 10.2. The molecular formula is C6H12O7P2. The van der Waals surface area contributed by atoms with Crippen LogP contribution in [0, 0.1) is 0 Å². The summed E-state index contributed by atoms with van der Waals surface area (Å²) in [6.45, 7) is 6.64. The van der Waals surface area contributed by atoms with Crippen LogP contribution in [0.4, 0.5) is 0 Å². The normalized spacial score (nSPS) is 15.7. The van der Waals surface area contributed by atoms with Crippen molar-refractivity contribution in [3.8, 4) is 0 Å². The van der Waals surface area contributed by atoms with E-state index in [9.17, 15) is 9.13 Å². The van der Waals surface area contributed by atoms with Gasteiger partial charge in [0.2, 0.25) is 0 Å². The molecule has 0 aromatic heterocycles. The topological polar surface area (TPSA) is 113 Å². The van der Waals surface area contributed by atoms with Crippen LogP contribution in [-0.4, -0.2) is 21.3 Å². The molecule has 0 amide bonds. The first-order chi connectivity index (χ1) is 6.66. The van der Waals surface area contributed by atoms with Gasteiger partial charge in [-0.15, -0.1) is 0 Å². The Morgan fingerprint density at radius 3 is 2.27 bits per heavy atom. The van der Waals surface area contributed by atoms with Crippen molar-refractivity contribution >= 4 is 15.6 Å². The van der Waals surface area contributed by atoms with Crippen molar-refractivity contribution in [1.29, 1.82) is 0 Å². The van der Waals surface area contributed by atoms with E-state index in [0.717, 1.165) is 0 Å². The molecule has 0 aromatic rings. The zero-order valence-corrected chi connectivity index (χ0v) is 9.56. The Kier molecular flexibility index (Phi) is 5.62. The second-order valence-corrected chi connectivity index (χ2v) is 5.32. The fourth-order valence-corrected chi connectivity index (χ4v) is 2.14. The second-order valence-electron chi connectivity index (χ2n) is 2.49. The summed E-state index contributed by atoms with van der Waals surface area (Å²) in [5, 5.41) is 0. The number of rotatable bonds is 7. The van der Waals surface area contributed by atoms with Crippen molar-refractivity contribution in [1.82, 2.24) is 0 Å². The van der Waals surface area contributed by atoms with Gasteiger partial charge in [-0.1, -0.05) is 24.8 Å². The first-order valence-corrected chi connectivity index (χ1v) is 6.73. The summed E-state index contributed by atoms with van der Waals surface area (Å²) >= 11 is 0. The van der Waals surface area contributed by atoms with Gasteiger partial charge in [-0.2, -0.15) is 4.31 Å². The molecule has 0 saturated heterocycles. The highest BCUT2D eigenvalue weighted by Gasteiger charge is 2.31. The lowest BCUT2D eigenvalue weighted by Gasteiger charge is -2.11. The van der Waals surface area contributed by atoms with Crippen LogP contribution in [0.15, 0.2) is 24.8 Å². The average Bonchev–Trinajstić information content (AvgIpc) is 1.98. The molecule has 1 atom stereocenters. The predicted molar refractivity (Wildman–Crippen MR) is 52.9 cm³/mol. The van der Waals surface area contributed by atoms with E-state index in [1.807, 2.05) is 0 Å². The van der Waals surface area contributed by atoms with Crippen molar-refractivity contribution in [3.05, 3.63) is 24.8 Å². The monoisotopic (exact) mass is 258 g/mol. The third kappa shape index (κ3) is 8.72. The molecule has 0 heterocycles. The maximum absolute atomic E-state index is 10.9. The van der Waals surface area contributed by atoms with Crippen LogP contribution in [0.1, 0.15) is 6.42 Å². The smallest absolute Gasteiger partial charge is 0.302 e. The van der Waals surface area contributed by atoms with Crippen LogP contribution < -0.4 is 0 Å². The summed E-state index contributed by atoms with van der Waals surface area (Å²) in [6.07, 6.45) is 1.63. The van der Waals surface area contributed by atoms with Crippen molar-refractivity contribution < 1.29 is 32.6 Å². The van der Waals surface area contributed by atoms with Gasteiger partial charge in [-0.25, -0.2) is 9.13 Å². The highest BCUT2D eigenvalue weighted by molar-refractivity contribution is 7.60. The number of hydrogen-bond donors (Lipinski definition) is 3. The molecule has 0 saturated carbocycles. The molecular weight excluding hydrogens is 246 g/mol.